The minimum Gasteiger partial charge on any atom is -0.496 e. The molecule has 0 aliphatic heterocycles. The van der Waals surface area contributed by atoms with Gasteiger partial charge < -0.3 is 10.1 Å². The van der Waals surface area contributed by atoms with Crippen molar-refractivity contribution in [3.8, 4) is 5.75 Å². The van der Waals surface area contributed by atoms with Gasteiger partial charge in [-0.15, -0.1) is 0 Å². The zero-order valence-electron chi connectivity index (χ0n) is 11.8. The van der Waals surface area contributed by atoms with E-state index in [1.54, 1.807) is 7.11 Å². The van der Waals surface area contributed by atoms with Crippen molar-refractivity contribution in [2.24, 2.45) is 0 Å². The van der Waals surface area contributed by atoms with Gasteiger partial charge in [-0.2, -0.15) is 0 Å². The van der Waals surface area contributed by atoms with Gasteiger partial charge in [0.25, 0.3) is 0 Å². The second-order valence-corrected chi connectivity index (χ2v) is 6.94. The maximum Gasteiger partial charge on any atom is 0.148 e. The fourth-order valence-corrected chi connectivity index (χ4v) is 3.01. The normalized spacial score (nSPS) is 13.2. The molecule has 1 unspecified atom stereocenters. The lowest BCUT2D eigenvalue weighted by atomic mass is 10.1. The van der Waals surface area contributed by atoms with Crippen LogP contribution in [0.5, 0.6) is 5.75 Å². The molecule has 0 fully saturated rings. The van der Waals surface area contributed by atoms with Crippen molar-refractivity contribution in [3.63, 3.8) is 0 Å². The molecule has 1 aromatic rings. The number of para-hydroxylation sites is 1. The molecular weight excluding hydrogens is 262 g/mol. The standard InChI is InChI=1S/C14H23NO3S/c1-4-9-15-13(11-19(3,16)17)10-12-7-5-6-8-14(12)18-2/h5-8,13,15H,4,9-11H2,1-3H3. The largest absolute Gasteiger partial charge is 0.496 e. The van der Waals surface area contributed by atoms with Gasteiger partial charge in [0.1, 0.15) is 15.6 Å². The molecule has 0 amide bonds. The van der Waals surface area contributed by atoms with E-state index in [1.807, 2.05) is 24.3 Å². The predicted octanol–water partition coefficient (Wildman–Crippen LogP) is 1.65. The molecule has 0 aliphatic carbocycles. The number of sulfone groups is 1. The average molecular weight is 285 g/mol. The van der Waals surface area contributed by atoms with Crippen molar-refractivity contribution in [1.82, 2.24) is 5.32 Å². The molecule has 0 aliphatic rings. The van der Waals surface area contributed by atoms with E-state index in [1.165, 1.54) is 6.26 Å². The number of nitrogens with one attached hydrogen (secondary N) is 1. The van der Waals surface area contributed by atoms with E-state index in [0.717, 1.165) is 24.3 Å². The maximum absolute atomic E-state index is 11.5. The third-order valence-corrected chi connectivity index (χ3v) is 3.85. The first-order chi connectivity index (χ1) is 8.96. The quantitative estimate of drug-likeness (QED) is 0.789. The third kappa shape index (κ3) is 6.07. The number of ether oxygens (including phenoxy) is 1. The summed E-state index contributed by atoms with van der Waals surface area (Å²) >= 11 is 0. The van der Waals surface area contributed by atoms with Crippen LogP contribution in [0.4, 0.5) is 0 Å². The van der Waals surface area contributed by atoms with Crippen LogP contribution in [0.25, 0.3) is 0 Å². The van der Waals surface area contributed by atoms with Crippen molar-refractivity contribution in [2.75, 3.05) is 25.7 Å². The molecule has 1 N–H and O–H groups in total. The number of benzene rings is 1. The molecule has 0 heterocycles. The van der Waals surface area contributed by atoms with E-state index < -0.39 is 9.84 Å². The zero-order chi connectivity index (χ0) is 14.3. The zero-order valence-corrected chi connectivity index (χ0v) is 12.7. The van der Waals surface area contributed by atoms with E-state index in [9.17, 15) is 8.42 Å². The summed E-state index contributed by atoms with van der Waals surface area (Å²) in [4.78, 5) is 0. The molecule has 0 saturated heterocycles. The number of hydrogen-bond donors (Lipinski definition) is 1. The van der Waals surface area contributed by atoms with Crippen LogP contribution < -0.4 is 10.1 Å². The van der Waals surface area contributed by atoms with Gasteiger partial charge in [0.05, 0.1) is 12.9 Å². The summed E-state index contributed by atoms with van der Waals surface area (Å²) in [7, 11) is -1.37. The summed E-state index contributed by atoms with van der Waals surface area (Å²) in [6, 6.07) is 7.64. The van der Waals surface area contributed by atoms with E-state index >= 15 is 0 Å². The van der Waals surface area contributed by atoms with Gasteiger partial charge in [0.2, 0.25) is 0 Å². The summed E-state index contributed by atoms with van der Waals surface area (Å²) in [6.07, 6.45) is 2.90. The molecule has 0 aromatic heterocycles. The Bertz CT molecular complexity index is 485. The van der Waals surface area contributed by atoms with Gasteiger partial charge in [-0.05, 0) is 31.0 Å². The Morgan fingerprint density at radius 3 is 2.58 bits per heavy atom. The first kappa shape index (κ1) is 16.0. The summed E-state index contributed by atoms with van der Waals surface area (Å²) in [6.45, 7) is 2.88. The van der Waals surface area contributed by atoms with Gasteiger partial charge >= 0.3 is 0 Å². The molecule has 0 spiro atoms. The van der Waals surface area contributed by atoms with Gasteiger partial charge in [-0.1, -0.05) is 25.1 Å². The lowest BCUT2D eigenvalue weighted by Gasteiger charge is -2.19. The summed E-state index contributed by atoms with van der Waals surface area (Å²) in [5.74, 6) is 0.949. The minimum absolute atomic E-state index is 0.0775. The highest BCUT2D eigenvalue weighted by Crippen LogP contribution is 2.19. The van der Waals surface area contributed by atoms with E-state index in [-0.39, 0.29) is 11.8 Å². The van der Waals surface area contributed by atoms with Crippen LogP contribution in [-0.2, 0) is 16.3 Å². The van der Waals surface area contributed by atoms with Crippen LogP contribution in [-0.4, -0.2) is 40.1 Å². The Morgan fingerprint density at radius 1 is 1.32 bits per heavy atom. The van der Waals surface area contributed by atoms with Crippen LogP contribution in [0, 0.1) is 0 Å². The minimum atomic E-state index is -3.00. The highest BCUT2D eigenvalue weighted by molar-refractivity contribution is 7.90. The molecule has 1 atom stereocenters. The molecule has 0 saturated carbocycles. The molecule has 19 heavy (non-hydrogen) atoms. The van der Waals surface area contributed by atoms with Crippen molar-refractivity contribution >= 4 is 9.84 Å². The smallest absolute Gasteiger partial charge is 0.148 e. The SMILES string of the molecule is CCCNC(Cc1ccccc1OC)CS(C)(=O)=O. The molecule has 1 rings (SSSR count). The first-order valence-electron chi connectivity index (χ1n) is 6.49. The van der Waals surface area contributed by atoms with E-state index in [2.05, 4.69) is 12.2 Å². The van der Waals surface area contributed by atoms with E-state index in [0.29, 0.717) is 6.42 Å². The number of hydrogen-bond acceptors (Lipinski definition) is 4. The third-order valence-electron chi connectivity index (χ3n) is 2.85. The Labute approximate surface area is 116 Å². The Hall–Kier alpha value is -1.07. The fourth-order valence-electron chi connectivity index (χ4n) is 2.04. The predicted molar refractivity (Wildman–Crippen MR) is 78.5 cm³/mol. The average Bonchev–Trinajstić information content (AvgIpc) is 2.35. The van der Waals surface area contributed by atoms with Crippen LogP contribution in [0.1, 0.15) is 18.9 Å². The van der Waals surface area contributed by atoms with Crippen molar-refractivity contribution < 1.29 is 13.2 Å². The first-order valence-corrected chi connectivity index (χ1v) is 8.55. The van der Waals surface area contributed by atoms with Gasteiger partial charge in [-0.3, -0.25) is 0 Å². The fraction of sp³-hybridized carbons (Fsp3) is 0.571. The van der Waals surface area contributed by atoms with Gasteiger partial charge in [-0.25, -0.2) is 8.42 Å². The van der Waals surface area contributed by atoms with Crippen LogP contribution in [0.3, 0.4) is 0 Å². The second kappa shape index (κ2) is 7.50. The Balaban J connectivity index is 2.81. The molecule has 108 valence electrons. The van der Waals surface area contributed by atoms with Crippen molar-refractivity contribution in [3.05, 3.63) is 29.8 Å². The Kier molecular flexibility index (Phi) is 6.31. The van der Waals surface area contributed by atoms with Crippen LogP contribution in [0.2, 0.25) is 0 Å². The molecule has 0 bridgehead atoms. The number of rotatable bonds is 8. The van der Waals surface area contributed by atoms with E-state index in [4.69, 9.17) is 4.74 Å². The van der Waals surface area contributed by atoms with Gasteiger partial charge in [0, 0.05) is 12.3 Å². The lowest BCUT2D eigenvalue weighted by molar-refractivity contribution is 0.406. The highest BCUT2D eigenvalue weighted by Gasteiger charge is 2.16. The second-order valence-electron chi connectivity index (χ2n) is 4.76. The van der Waals surface area contributed by atoms with Crippen LogP contribution >= 0.6 is 0 Å². The summed E-state index contributed by atoms with van der Waals surface area (Å²) in [5.41, 5.74) is 1.03. The molecule has 1 aromatic carbocycles. The summed E-state index contributed by atoms with van der Waals surface area (Å²) in [5, 5.41) is 3.29. The lowest BCUT2D eigenvalue weighted by Crippen LogP contribution is -2.37. The van der Waals surface area contributed by atoms with Crippen molar-refractivity contribution in [2.45, 2.75) is 25.8 Å². The Morgan fingerprint density at radius 2 is 2.00 bits per heavy atom. The maximum atomic E-state index is 11.5. The highest BCUT2D eigenvalue weighted by atomic mass is 32.2. The molecule has 4 nitrogen and oxygen atoms in total. The van der Waals surface area contributed by atoms with Gasteiger partial charge in [0.15, 0.2) is 0 Å². The molecule has 5 heteroatoms. The summed E-state index contributed by atoms with van der Waals surface area (Å²) < 4.78 is 28.3. The van der Waals surface area contributed by atoms with Crippen LogP contribution in [0.15, 0.2) is 24.3 Å². The monoisotopic (exact) mass is 285 g/mol. The van der Waals surface area contributed by atoms with Crippen molar-refractivity contribution in [1.29, 1.82) is 0 Å². The topological polar surface area (TPSA) is 55.4 Å². The molecule has 0 radical (unpaired) electrons. The molecular formula is C14H23NO3S. The number of methoxy groups -OCH3 is 1.